The number of aliphatic hydroxyl groups excluding tert-OH is 1. The van der Waals surface area contributed by atoms with Gasteiger partial charge in [0.25, 0.3) is 5.56 Å². The van der Waals surface area contributed by atoms with Crippen LogP contribution in [-0.4, -0.2) is 49.4 Å². The molecule has 26 heavy (non-hydrogen) atoms. The largest absolute Gasteiger partial charge is 0.459 e. The number of imidazole rings is 1. The van der Waals surface area contributed by atoms with Gasteiger partial charge in [-0.15, -0.1) is 0 Å². The maximum atomic E-state index is 12.0. The van der Waals surface area contributed by atoms with Crippen molar-refractivity contribution >= 4 is 17.1 Å². The monoisotopic (exact) mass is 356 g/mol. The van der Waals surface area contributed by atoms with Crippen LogP contribution in [0.3, 0.4) is 0 Å². The van der Waals surface area contributed by atoms with E-state index in [0.29, 0.717) is 11.2 Å². The van der Waals surface area contributed by atoms with Gasteiger partial charge in [-0.3, -0.25) is 9.36 Å². The minimum absolute atomic E-state index is 0.0773. The van der Waals surface area contributed by atoms with E-state index in [1.165, 1.54) is 12.7 Å². The highest BCUT2D eigenvalue weighted by Crippen LogP contribution is 2.30. The van der Waals surface area contributed by atoms with Crippen LogP contribution >= 0.6 is 0 Å². The minimum atomic E-state index is -0.817. The molecule has 0 unspecified atom stereocenters. The summed E-state index contributed by atoms with van der Waals surface area (Å²) in [6.07, 6.45) is 0.962. The third kappa shape index (κ3) is 2.98. The molecule has 0 amide bonds. The Morgan fingerprint density at radius 2 is 2.15 bits per heavy atom. The third-order valence-electron chi connectivity index (χ3n) is 4.27. The van der Waals surface area contributed by atoms with Gasteiger partial charge in [-0.1, -0.05) is 18.2 Å². The number of rotatable bonds is 4. The summed E-state index contributed by atoms with van der Waals surface area (Å²) in [5.74, 6) is -0.480. The fourth-order valence-corrected chi connectivity index (χ4v) is 2.93. The lowest BCUT2D eigenvalue weighted by Crippen LogP contribution is -2.28. The van der Waals surface area contributed by atoms with E-state index in [1.54, 1.807) is 34.9 Å². The molecule has 4 rings (SSSR count). The number of nitrogens with zero attached hydrogens (tertiary/aromatic N) is 3. The maximum Gasteiger partial charge on any atom is 0.338 e. The second-order valence-corrected chi connectivity index (χ2v) is 5.95. The number of aromatic amines is 1. The molecule has 1 saturated heterocycles. The molecule has 9 heteroatoms. The van der Waals surface area contributed by atoms with Gasteiger partial charge in [0.15, 0.2) is 11.2 Å². The summed E-state index contributed by atoms with van der Waals surface area (Å²) in [5.41, 5.74) is 0.652. The van der Waals surface area contributed by atoms with E-state index in [0.717, 1.165) is 0 Å². The first-order chi connectivity index (χ1) is 12.6. The molecule has 2 aromatic heterocycles. The van der Waals surface area contributed by atoms with Crippen LogP contribution in [0.4, 0.5) is 0 Å². The maximum absolute atomic E-state index is 12.0. The van der Waals surface area contributed by atoms with Crippen molar-refractivity contribution in [2.45, 2.75) is 24.9 Å². The summed E-state index contributed by atoms with van der Waals surface area (Å²) in [6, 6.07) is 8.59. The van der Waals surface area contributed by atoms with Crippen LogP contribution in [0.1, 0.15) is 23.0 Å². The van der Waals surface area contributed by atoms with Gasteiger partial charge in [0.05, 0.1) is 24.3 Å². The molecule has 1 aliphatic rings. The summed E-state index contributed by atoms with van der Waals surface area (Å²) >= 11 is 0. The van der Waals surface area contributed by atoms with Gasteiger partial charge in [0, 0.05) is 6.42 Å². The number of carbonyl (C=O) groups excluding carboxylic acids is 1. The zero-order valence-corrected chi connectivity index (χ0v) is 13.6. The molecule has 0 saturated carbocycles. The molecule has 1 aromatic carbocycles. The first kappa shape index (κ1) is 16.4. The molecule has 0 spiro atoms. The number of carbonyl (C=O) groups is 1. The van der Waals surface area contributed by atoms with Crippen molar-refractivity contribution in [1.82, 2.24) is 19.5 Å². The van der Waals surface area contributed by atoms with E-state index in [1.807, 2.05) is 0 Å². The number of esters is 1. The number of nitrogens with one attached hydrogen (secondary N) is 1. The fourth-order valence-electron chi connectivity index (χ4n) is 2.93. The number of aromatic nitrogens is 4. The van der Waals surface area contributed by atoms with Crippen molar-refractivity contribution in [2.75, 3.05) is 6.61 Å². The summed E-state index contributed by atoms with van der Waals surface area (Å²) < 4.78 is 12.6. The Balaban J connectivity index is 1.45. The van der Waals surface area contributed by atoms with Gasteiger partial charge in [-0.25, -0.2) is 14.8 Å². The van der Waals surface area contributed by atoms with Crippen molar-refractivity contribution in [3.8, 4) is 0 Å². The fraction of sp³-hybridized carbons (Fsp3) is 0.294. The molecular weight excluding hydrogens is 340 g/mol. The molecule has 2 N–H and O–H groups in total. The molecule has 3 aromatic rings. The van der Waals surface area contributed by atoms with Crippen LogP contribution in [0.15, 0.2) is 47.8 Å². The smallest absolute Gasteiger partial charge is 0.338 e. The number of aliphatic hydroxyl groups is 1. The average Bonchev–Trinajstić information content (AvgIpc) is 3.25. The van der Waals surface area contributed by atoms with Crippen molar-refractivity contribution in [2.24, 2.45) is 0 Å². The van der Waals surface area contributed by atoms with Crippen LogP contribution in [0.2, 0.25) is 0 Å². The first-order valence-corrected chi connectivity index (χ1v) is 8.09. The number of fused-ring (bicyclic) bond motifs is 1. The Morgan fingerprint density at radius 3 is 2.96 bits per heavy atom. The SMILES string of the molecule is O=C(OC[C@H]1O[C@@H](n2cnc3c(=O)[nH]cnc32)C[C@@H]1O)c1ccccc1. The van der Waals surface area contributed by atoms with Crippen LogP contribution in [0.25, 0.3) is 11.2 Å². The second kappa shape index (κ2) is 6.70. The molecule has 0 bridgehead atoms. The van der Waals surface area contributed by atoms with Crippen LogP contribution < -0.4 is 5.56 Å². The predicted molar refractivity (Wildman–Crippen MR) is 89.4 cm³/mol. The lowest BCUT2D eigenvalue weighted by atomic mass is 10.2. The standard InChI is InChI=1S/C17H16N4O5/c22-11-6-13(21-9-20-14-15(21)18-8-19-16(14)23)26-12(11)7-25-17(24)10-4-2-1-3-5-10/h1-5,8-9,11-13,22H,6-7H2,(H,18,19,23)/t11-,12+,13+/m0/s1. The number of hydrogen-bond acceptors (Lipinski definition) is 7. The van der Waals surface area contributed by atoms with Gasteiger partial charge < -0.3 is 19.6 Å². The quantitative estimate of drug-likeness (QED) is 0.658. The number of hydrogen-bond donors (Lipinski definition) is 2. The van der Waals surface area contributed by atoms with Crippen molar-refractivity contribution in [1.29, 1.82) is 0 Å². The molecule has 9 nitrogen and oxygen atoms in total. The van der Waals surface area contributed by atoms with E-state index in [9.17, 15) is 14.7 Å². The van der Waals surface area contributed by atoms with E-state index in [2.05, 4.69) is 15.0 Å². The van der Waals surface area contributed by atoms with Crippen molar-refractivity contribution in [3.05, 3.63) is 58.9 Å². The molecule has 0 radical (unpaired) electrons. The van der Waals surface area contributed by atoms with E-state index in [-0.39, 0.29) is 24.1 Å². The van der Waals surface area contributed by atoms with Gasteiger partial charge in [0.2, 0.25) is 0 Å². The molecule has 1 fully saturated rings. The molecule has 3 atom stereocenters. The van der Waals surface area contributed by atoms with Crippen molar-refractivity contribution in [3.63, 3.8) is 0 Å². The topological polar surface area (TPSA) is 119 Å². The van der Waals surface area contributed by atoms with Crippen molar-refractivity contribution < 1.29 is 19.4 Å². The van der Waals surface area contributed by atoms with Crippen LogP contribution in [-0.2, 0) is 9.47 Å². The van der Waals surface area contributed by atoms with Gasteiger partial charge >= 0.3 is 5.97 Å². The van der Waals surface area contributed by atoms with Gasteiger partial charge in [0.1, 0.15) is 18.9 Å². The highest BCUT2D eigenvalue weighted by atomic mass is 16.6. The molecule has 3 heterocycles. The summed E-state index contributed by atoms with van der Waals surface area (Å²) in [6.45, 7) is -0.0773. The highest BCUT2D eigenvalue weighted by molar-refractivity contribution is 5.89. The number of benzene rings is 1. The highest BCUT2D eigenvalue weighted by Gasteiger charge is 2.36. The third-order valence-corrected chi connectivity index (χ3v) is 4.27. The number of H-pyrrole nitrogens is 1. The molecular formula is C17H16N4O5. The summed E-state index contributed by atoms with van der Waals surface area (Å²) in [4.78, 5) is 34.3. The van der Waals surface area contributed by atoms with Gasteiger partial charge in [-0.05, 0) is 12.1 Å². The molecule has 0 aliphatic carbocycles. The minimum Gasteiger partial charge on any atom is -0.459 e. The first-order valence-electron chi connectivity index (χ1n) is 8.09. The Hall–Kier alpha value is -3.04. The molecule has 134 valence electrons. The van der Waals surface area contributed by atoms with Crippen LogP contribution in [0, 0.1) is 0 Å². The van der Waals surface area contributed by atoms with E-state index < -0.39 is 24.4 Å². The average molecular weight is 356 g/mol. The normalized spacial score (nSPS) is 22.6. The summed E-state index contributed by atoms with van der Waals surface area (Å²) in [7, 11) is 0. The molecule has 1 aliphatic heterocycles. The zero-order chi connectivity index (χ0) is 18.1. The predicted octanol–water partition coefficient (Wildman–Crippen LogP) is 0.625. The Bertz CT molecular complexity index is 983. The van der Waals surface area contributed by atoms with Crippen LogP contribution in [0.5, 0.6) is 0 Å². The van der Waals surface area contributed by atoms with E-state index in [4.69, 9.17) is 9.47 Å². The Kier molecular flexibility index (Phi) is 4.23. The lowest BCUT2D eigenvalue weighted by Gasteiger charge is -2.15. The second-order valence-electron chi connectivity index (χ2n) is 5.95. The Labute approximate surface area is 147 Å². The van der Waals surface area contributed by atoms with E-state index >= 15 is 0 Å². The summed E-state index contributed by atoms with van der Waals surface area (Å²) in [5, 5.41) is 10.2. The Morgan fingerprint density at radius 1 is 1.35 bits per heavy atom. The lowest BCUT2D eigenvalue weighted by molar-refractivity contribution is -0.0509. The zero-order valence-electron chi connectivity index (χ0n) is 13.6. The van der Waals surface area contributed by atoms with Gasteiger partial charge in [-0.2, -0.15) is 0 Å². The number of ether oxygens (including phenoxy) is 2.